The van der Waals surface area contributed by atoms with Gasteiger partial charge in [-0.3, -0.25) is 0 Å². The van der Waals surface area contributed by atoms with Crippen LogP contribution in [0.4, 0.5) is 0 Å². The number of hydrogen-bond acceptors (Lipinski definition) is 3. The monoisotopic (exact) mass is 212 g/mol. The lowest BCUT2D eigenvalue weighted by molar-refractivity contribution is -0.0629. The van der Waals surface area contributed by atoms with E-state index < -0.39 is 5.60 Å². The van der Waals surface area contributed by atoms with Gasteiger partial charge in [0.15, 0.2) is 0 Å². The lowest BCUT2D eigenvalue weighted by Crippen LogP contribution is -2.41. The minimum Gasteiger partial charge on any atom is -0.497 e. The fourth-order valence-corrected chi connectivity index (χ4v) is 2.70. The fraction of sp³-hybridized carbons (Fsp3) is 0.833. The minimum atomic E-state index is -0.666. The van der Waals surface area contributed by atoms with Gasteiger partial charge in [0.1, 0.15) is 11.5 Å². The Morgan fingerprint density at radius 1 is 1.53 bits per heavy atom. The van der Waals surface area contributed by atoms with Crippen LogP contribution in [-0.2, 0) is 9.47 Å². The van der Waals surface area contributed by atoms with Crippen molar-refractivity contribution >= 4 is 0 Å². The summed E-state index contributed by atoms with van der Waals surface area (Å²) in [5.41, 5.74) is -0.666. The zero-order chi connectivity index (χ0) is 11.1. The maximum atomic E-state index is 10.7. The number of rotatable bonds is 2. The van der Waals surface area contributed by atoms with Gasteiger partial charge in [0.2, 0.25) is 0 Å². The van der Waals surface area contributed by atoms with Crippen LogP contribution in [0.3, 0.4) is 0 Å². The third kappa shape index (κ3) is 1.53. The predicted molar refractivity (Wildman–Crippen MR) is 57.1 cm³/mol. The SMILES string of the molecule is COC1=C2OCCC[C@H]2[C@](O)(C(C)C)C1. The third-order valence-electron chi connectivity index (χ3n) is 3.78. The molecule has 15 heavy (non-hydrogen) atoms. The van der Waals surface area contributed by atoms with Crippen molar-refractivity contribution in [2.24, 2.45) is 11.8 Å². The Morgan fingerprint density at radius 2 is 2.27 bits per heavy atom. The normalized spacial score (nSPS) is 35.4. The van der Waals surface area contributed by atoms with E-state index in [0.29, 0.717) is 6.42 Å². The van der Waals surface area contributed by atoms with Gasteiger partial charge in [-0.25, -0.2) is 0 Å². The summed E-state index contributed by atoms with van der Waals surface area (Å²) in [6.07, 6.45) is 2.64. The van der Waals surface area contributed by atoms with E-state index in [2.05, 4.69) is 13.8 Å². The predicted octanol–water partition coefficient (Wildman–Crippen LogP) is 2.06. The second-order valence-electron chi connectivity index (χ2n) is 4.86. The summed E-state index contributed by atoms with van der Waals surface area (Å²) in [5.74, 6) is 2.11. The van der Waals surface area contributed by atoms with Crippen molar-refractivity contribution in [3.8, 4) is 0 Å². The summed E-state index contributed by atoms with van der Waals surface area (Å²) in [6.45, 7) is 4.88. The molecular weight excluding hydrogens is 192 g/mol. The van der Waals surface area contributed by atoms with Crippen LogP contribution in [0.15, 0.2) is 11.5 Å². The van der Waals surface area contributed by atoms with Crippen molar-refractivity contribution in [3.63, 3.8) is 0 Å². The molecule has 1 aliphatic heterocycles. The second-order valence-corrected chi connectivity index (χ2v) is 4.86. The molecule has 0 bridgehead atoms. The van der Waals surface area contributed by atoms with Crippen LogP contribution in [0.25, 0.3) is 0 Å². The molecule has 0 aromatic carbocycles. The third-order valence-corrected chi connectivity index (χ3v) is 3.78. The van der Waals surface area contributed by atoms with Gasteiger partial charge in [-0.05, 0) is 18.8 Å². The second kappa shape index (κ2) is 3.71. The first-order valence-corrected chi connectivity index (χ1v) is 5.71. The largest absolute Gasteiger partial charge is 0.497 e. The van der Waals surface area contributed by atoms with Gasteiger partial charge in [0.05, 0.1) is 19.3 Å². The average Bonchev–Trinajstić information content (AvgIpc) is 2.54. The lowest BCUT2D eigenvalue weighted by atomic mass is 9.77. The highest BCUT2D eigenvalue weighted by molar-refractivity contribution is 5.23. The van der Waals surface area contributed by atoms with E-state index in [9.17, 15) is 5.11 Å². The van der Waals surface area contributed by atoms with Gasteiger partial charge in [-0.15, -0.1) is 0 Å². The highest BCUT2D eigenvalue weighted by Crippen LogP contribution is 2.49. The molecular formula is C12H20O3. The van der Waals surface area contributed by atoms with E-state index in [1.807, 2.05) is 0 Å². The van der Waals surface area contributed by atoms with Crippen molar-refractivity contribution in [2.75, 3.05) is 13.7 Å². The van der Waals surface area contributed by atoms with Crippen LogP contribution in [0.1, 0.15) is 33.1 Å². The number of ether oxygens (including phenoxy) is 2. The van der Waals surface area contributed by atoms with Crippen molar-refractivity contribution in [1.29, 1.82) is 0 Å². The van der Waals surface area contributed by atoms with Gasteiger partial charge >= 0.3 is 0 Å². The molecule has 2 rings (SSSR count). The molecule has 0 saturated carbocycles. The van der Waals surface area contributed by atoms with Crippen LogP contribution in [0, 0.1) is 11.8 Å². The van der Waals surface area contributed by atoms with E-state index in [-0.39, 0.29) is 11.8 Å². The van der Waals surface area contributed by atoms with E-state index in [1.165, 1.54) is 0 Å². The zero-order valence-electron chi connectivity index (χ0n) is 9.75. The number of aliphatic hydroxyl groups is 1. The molecule has 1 saturated heterocycles. The van der Waals surface area contributed by atoms with Crippen LogP contribution in [0.5, 0.6) is 0 Å². The van der Waals surface area contributed by atoms with Crippen molar-refractivity contribution in [1.82, 2.24) is 0 Å². The maximum absolute atomic E-state index is 10.7. The Morgan fingerprint density at radius 3 is 2.87 bits per heavy atom. The first-order chi connectivity index (χ1) is 7.09. The highest BCUT2D eigenvalue weighted by Gasteiger charge is 2.51. The Balaban J connectivity index is 2.30. The Bertz CT molecular complexity index is 283. The van der Waals surface area contributed by atoms with Crippen molar-refractivity contribution in [3.05, 3.63) is 11.5 Å². The topological polar surface area (TPSA) is 38.7 Å². The molecule has 1 N–H and O–H groups in total. The molecule has 0 spiro atoms. The molecule has 2 aliphatic rings. The van der Waals surface area contributed by atoms with Gasteiger partial charge in [-0.1, -0.05) is 13.8 Å². The fourth-order valence-electron chi connectivity index (χ4n) is 2.70. The lowest BCUT2D eigenvalue weighted by Gasteiger charge is -2.36. The Hall–Kier alpha value is -0.700. The molecule has 86 valence electrons. The van der Waals surface area contributed by atoms with Crippen LogP contribution in [0.2, 0.25) is 0 Å². The summed E-state index contributed by atoms with van der Waals surface area (Å²) in [4.78, 5) is 0. The van der Waals surface area contributed by atoms with Gasteiger partial charge in [0, 0.05) is 12.3 Å². The van der Waals surface area contributed by atoms with Gasteiger partial charge in [-0.2, -0.15) is 0 Å². The van der Waals surface area contributed by atoms with E-state index in [1.54, 1.807) is 7.11 Å². The molecule has 0 aromatic heterocycles. The zero-order valence-corrected chi connectivity index (χ0v) is 9.75. The summed E-state index contributed by atoms with van der Waals surface area (Å²) < 4.78 is 11.0. The summed E-state index contributed by atoms with van der Waals surface area (Å²) in [7, 11) is 1.66. The summed E-state index contributed by atoms with van der Waals surface area (Å²) in [6, 6.07) is 0. The molecule has 1 fully saturated rings. The Kier molecular flexibility index (Phi) is 2.67. The van der Waals surface area contributed by atoms with Crippen molar-refractivity contribution in [2.45, 2.75) is 38.7 Å². The van der Waals surface area contributed by atoms with Gasteiger partial charge < -0.3 is 14.6 Å². The summed E-state index contributed by atoms with van der Waals surface area (Å²) in [5, 5.41) is 10.7. The average molecular weight is 212 g/mol. The highest BCUT2D eigenvalue weighted by atomic mass is 16.5. The first kappa shape index (κ1) is 10.8. The van der Waals surface area contributed by atoms with Crippen molar-refractivity contribution < 1.29 is 14.6 Å². The summed E-state index contributed by atoms with van der Waals surface area (Å²) >= 11 is 0. The molecule has 1 heterocycles. The smallest absolute Gasteiger partial charge is 0.140 e. The molecule has 0 amide bonds. The van der Waals surface area contributed by atoms with E-state index in [4.69, 9.17) is 9.47 Å². The number of methoxy groups -OCH3 is 1. The van der Waals surface area contributed by atoms with Gasteiger partial charge in [0.25, 0.3) is 0 Å². The quantitative estimate of drug-likeness (QED) is 0.761. The number of fused-ring (bicyclic) bond motifs is 1. The molecule has 3 nitrogen and oxygen atoms in total. The first-order valence-electron chi connectivity index (χ1n) is 5.71. The van der Waals surface area contributed by atoms with Crippen LogP contribution >= 0.6 is 0 Å². The standard InChI is InChI=1S/C12H20O3/c1-8(2)12(13)7-10(14-3)11-9(12)5-4-6-15-11/h8-9,13H,4-7H2,1-3H3/t9-,12-/m1/s1. The molecule has 3 heteroatoms. The molecule has 1 aliphatic carbocycles. The van der Waals surface area contributed by atoms with Crippen LogP contribution < -0.4 is 0 Å². The van der Waals surface area contributed by atoms with Crippen LogP contribution in [-0.4, -0.2) is 24.4 Å². The van der Waals surface area contributed by atoms with E-state index in [0.717, 1.165) is 31.0 Å². The number of hydrogen-bond donors (Lipinski definition) is 1. The molecule has 0 unspecified atom stereocenters. The molecule has 2 atom stereocenters. The maximum Gasteiger partial charge on any atom is 0.140 e. The molecule has 0 radical (unpaired) electrons. The Labute approximate surface area is 91.1 Å². The van der Waals surface area contributed by atoms with E-state index >= 15 is 0 Å². The minimum absolute atomic E-state index is 0.140. The molecule has 0 aromatic rings.